The van der Waals surface area contributed by atoms with Gasteiger partial charge in [-0.25, -0.2) is 9.97 Å². The zero-order chi connectivity index (χ0) is 11.3. The summed E-state index contributed by atoms with van der Waals surface area (Å²) in [7, 11) is 3.92. The van der Waals surface area contributed by atoms with Crippen molar-refractivity contribution < 1.29 is 4.74 Å². The van der Waals surface area contributed by atoms with Crippen LogP contribution in [-0.4, -0.2) is 41.6 Å². The lowest BCUT2D eigenvalue weighted by Gasteiger charge is -2.17. The first-order valence-electron chi connectivity index (χ1n) is 4.66. The molecule has 0 aliphatic carbocycles. The van der Waals surface area contributed by atoms with Gasteiger partial charge >= 0.3 is 0 Å². The molecule has 0 fully saturated rings. The molecule has 80 valence electrons. The maximum Gasteiger partial charge on any atom is 0.251 e. The van der Waals surface area contributed by atoms with E-state index in [0.717, 1.165) is 6.54 Å². The van der Waals surface area contributed by atoms with Crippen LogP contribution >= 0.6 is 0 Å². The van der Waals surface area contributed by atoms with E-state index in [1.54, 1.807) is 0 Å². The highest BCUT2D eigenvalue weighted by molar-refractivity contribution is 5.29. The molecule has 0 aromatic carbocycles. The Morgan fingerprint density at radius 2 is 2.13 bits per heavy atom. The van der Waals surface area contributed by atoms with E-state index in [1.807, 2.05) is 32.0 Å². The summed E-state index contributed by atoms with van der Waals surface area (Å²) in [6.45, 7) is 2.69. The van der Waals surface area contributed by atoms with Gasteiger partial charge in [-0.3, -0.25) is 0 Å². The van der Waals surface area contributed by atoms with Crippen LogP contribution < -0.4 is 4.74 Å². The monoisotopic (exact) mass is 206 g/mol. The van der Waals surface area contributed by atoms with E-state index >= 15 is 0 Å². The van der Waals surface area contributed by atoms with Gasteiger partial charge < -0.3 is 9.64 Å². The van der Waals surface area contributed by atoms with Gasteiger partial charge in [0.2, 0.25) is 5.69 Å². The summed E-state index contributed by atoms with van der Waals surface area (Å²) in [6.07, 6.45) is 2.96. The SMILES string of the molecule is CC(CN(C)C)Oc1nccnc1C#N. The van der Waals surface area contributed by atoms with Crippen molar-refractivity contribution in [3.05, 3.63) is 18.1 Å². The average Bonchev–Trinajstić information content (AvgIpc) is 2.17. The lowest BCUT2D eigenvalue weighted by Crippen LogP contribution is -2.28. The second kappa shape index (κ2) is 5.27. The Kier molecular flexibility index (Phi) is 4.01. The molecule has 5 nitrogen and oxygen atoms in total. The summed E-state index contributed by atoms with van der Waals surface area (Å²) in [5.41, 5.74) is 0.225. The quantitative estimate of drug-likeness (QED) is 0.724. The molecule has 1 aromatic heterocycles. The predicted molar refractivity (Wildman–Crippen MR) is 55.4 cm³/mol. The van der Waals surface area contributed by atoms with Gasteiger partial charge in [0.1, 0.15) is 12.2 Å². The van der Waals surface area contributed by atoms with Crippen LogP contribution in [0, 0.1) is 11.3 Å². The lowest BCUT2D eigenvalue weighted by molar-refractivity contribution is 0.169. The van der Waals surface area contributed by atoms with Gasteiger partial charge in [0.25, 0.3) is 5.88 Å². The molecule has 0 saturated carbocycles. The van der Waals surface area contributed by atoms with E-state index in [2.05, 4.69) is 9.97 Å². The van der Waals surface area contributed by atoms with Crippen molar-refractivity contribution in [2.24, 2.45) is 0 Å². The predicted octanol–water partition coefficient (Wildman–Crippen LogP) is 0.677. The summed E-state index contributed by atoms with van der Waals surface area (Å²) in [5, 5.41) is 8.77. The summed E-state index contributed by atoms with van der Waals surface area (Å²) in [4.78, 5) is 9.85. The topological polar surface area (TPSA) is 62.0 Å². The summed E-state index contributed by atoms with van der Waals surface area (Å²) >= 11 is 0. The number of aromatic nitrogens is 2. The van der Waals surface area contributed by atoms with Gasteiger partial charge in [0.05, 0.1) is 0 Å². The van der Waals surface area contributed by atoms with Gasteiger partial charge in [-0.15, -0.1) is 0 Å². The number of ether oxygens (including phenoxy) is 1. The number of nitrogens with zero attached hydrogens (tertiary/aromatic N) is 4. The third kappa shape index (κ3) is 3.52. The number of nitriles is 1. The van der Waals surface area contributed by atoms with Crippen molar-refractivity contribution in [3.63, 3.8) is 0 Å². The molecular weight excluding hydrogens is 192 g/mol. The van der Waals surface area contributed by atoms with Crippen molar-refractivity contribution in [2.45, 2.75) is 13.0 Å². The lowest BCUT2D eigenvalue weighted by atomic mass is 10.4. The van der Waals surface area contributed by atoms with Crippen LogP contribution in [0.1, 0.15) is 12.6 Å². The minimum atomic E-state index is -0.0243. The van der Waals surface area contributed by atoms with E-state index in [4.69, 9.17) is 10.00 Å². The van der Waals surface area contributed by atoms with Crippen LogP contribution in [0.25, 0.3) is 0 Å². The van der Waals surface area contributed by atoms with Crippen molar-refractivity contribution in [1.29, 1.82) is 5.26 Å². The summed E-state index contributed by atoms with van der Waals surface area (Å²) in [6, 6.07) is 1.94. The molecule has 0 aliphatic heterocycles. The van der Waals surface area contributed by atoms with Crippen molar-refractivity contribution in [3.8, 4) is 11.9 Å². The molecule has 15 heavy (non-hydrogen) atoms. The van der Waals surface area contributed by atoms with Crippen LogP contribution in [0.3, 0.4) is 0 Å². The summed E-state index contributed by atoms with van der Waals surface area (Å²) < 4.78 is 5.51. The first-order chi connectivity index (χ1) is 7.13. The smallest absolute Gasteiger partial charge is 0.251 e. The van der Waals surface area contributed by atoms with Crippen molar-refractivity contribution in [2.75, 3.05) is 20.6 Å². The minimum Gasteiger partial charge on any atom is -0.471 e. The third-order valence-electron chi connectivity index (χ3n) is 1.71. The van der Waals surface area contributed by atoms with Gasteiger partial charge in [-0.2, -0.15) is 5.26 Å². The minimum absolute atomic E-state index is 0.0243. The zero-order valence-electron chi connectivity index (χ0n) is 9.14. The Morgan fingerprint density at radius 3 is 2.73 bits per heavy atom. The number of hydrogen-bond donors (Lipinski definition) is 0. The van der Waals surface area contributed by atoms with Gasteiger partial charge in [0.15, 0.2) is 0 Å². The third-order valence-corrected chi connectivity index (χ3v) is 1.71. The maximum atomic E-state index is 8.77. The highest BCUT2D eigenvalue weighted by Crippen LogP contribution is 2.11. The molecule has 0 spiro atoms. The molecule has 1 unspecified atom stereocenters. The van der Waals surface area contributed by atoms with Crippen LogP contribution in [0.5, 0.6) is 5.88 Å². The fourth-order valence-electron chi connectivity index (χ4n) is 1.23. The van der Waals surface area contributed by atoms with E-state index in [9.17, 15) is 0 Å². The fourth-order valence-corrected chi connectivity index (χ4v) is 1.23. The van der Waals surface area contributed by atoms with Gasteiger partial charge in [-0.1, -0.05) is 0 Å². The normalized spacial score (nSPS) is 12.2. The Bertz CT molecular complexity index is 359. The highest BCUT2D eigenvalue weighted by Gasteiger charge is 2.10. The second-order valence-electron chi connectivity index (χ2n) is 3.51. The molecular formula is C10H14N4O. The van der Waals surface area contributed by atoms with Gasteiger partial charge in [0, 0.05) is 18.9 Å². The number of hydrogen-bond acceptors (Lipinski definition) is 5. The highest BCUT2D eigenvalue weighted by atomic mass is 16.5. The molecule has 0 saturated heterocycles. The van der Waals surface area contributed by atoms with Crippen LogP contribution in [-0.2, 0) is 0 Å². The molecule has 1 rings (SSSR count). The van der Waals surface area contributed by atoms with Crippen molar-refractivity contribution in [1.82, 2.24) is 14.9 Å². The molecule has 1 atom stereocenters. The Morgan fingerprint density at radius 1 is 1.47 bits per heavy atom. The molecule has 1 heterocycles. The zero-order valence-corrected chi connectivity index (χ0v) is 9.14. The van der Waals surface area contributed by atoms with Crippen LogP contribution in [0.2, 0.25) is 0 Å². The molecule has 0 N–H and O–H groups in total. The average molecular weight is 206 g/mol. The van der Waals surface area contributed by atoms with E-state index < -0.39 is 0 Å². The Labute approximate surface area is 89.3 Å². The maximum absolute atomic E-state index is 8.77. The molecule has 0 radical (unpaired) electrons. The Hall–Kier alpha value is -1.67. The molecule has 0 bridgehead atoms. The van der Waals surface area contributed by atoms with E-state index in [0.29, 0.717) is 5.88 Å². The van der Waals surface area contributed by atoms with Crippen molar-refractivity contribution >= 4 is 0 Å². The summed E-state index contributed by atoms with van der Waals surface area (Å²) in [5.74, 6) is 0.300. The second-order valence-corrected chi connectivity index (χ2v) is 3.51. The largest absolute Gasteiger partial charge is 0.471 e. The van der Waals surface area contributed by atoms with E-state index in [-0.39, 0.29) is 11.8 Å². The number of rotatable bonds is 4. The standard InChI is InChI=1S/C10H14N4O/c1-8(7-14(2)3)15-10-9(6-11)12-4-5-13-10/h4-5,8H,7H2,1-3H3. The first kappa shape index (κ1) is 11.4. The van der Waals surface area contributed by atoms with Crippen LogP contribution in [0.4, 0.5) is 0 Å². The number of likely N-dealkylation sites (N-methyl/N-ethyl adjacent to an activating group) is 1. The van der Waals surface area contributed by atoms with Crippen LogP contribution in [0.15, 0.2) is 12.4 Å². The van der Waals surface area contributed by atoms with Gasteiger partial charge in [-0.05, 0) is 21.0 Å². The fraction of sp³-hybridized carbons (Fsp3) is 0.500. The first-order valence-corrected chi connectivity index (χ1v) is 4.66. The molecule has 0 amide bonds. The molecule has 1 aromatic rings. The molecule has 5 heteroatoms. The molecule has 0 aliphatic rings. The van der Waals surface area contributed by atoms with E-state index in [1.165, 1.54) is 12.4 Å². The Balaban J connectivity index is 2.68.